The molecule has 3 rings (SSSR count). The molecule has 2 N–H and O–H groups in total. The van der Waals surface area contributed by atoms with Crippen LogP contribution in [0.3, 0.4) is 0 Å². The highest BCUT2D eigenvalue weighted by atomic mass is 15.1. The van der Waals surface area contributed by atoms with Gasteiger partial charge in [-0.05, 0) is 36.2 Å². The Morgan fingerprint density at radius 2 is 1.89 bits per heavy atom. The van der Waals surface area contributed by atoms with Gasteiger partial charge in [-0.25, -0.2) is 0 Å². The van der Waals surface area contributed by atoms with Gasteiger partial charge in [0.05, 0.1) is 11.7 Å². The lowest BCUT2D eigenvalue weighted by molar-refractivity contribution is 0.687. The predicted molar refractivity (Wildman–Crippen MR) is 77.9 cm³/mol. The van der Waals surface area contributed by atoms with Crippen LogP contribution >= 0.6 is 0 Å². The second kappa shape index (κ2) is 5.67. The molecule has 0 radical (unpaired) electrons. The number of aromatic amines is 1. The summed E-state index contributed by atoms with van der Waals surface area (Å²) in [6.07, 6.45) is 2.91. The van der Waals surface area contributed by atoms with E-state index in [1.807, 2.05) is 12.3 Å². The SMILES string of the molecule is c1ccc(CNCCc2ccc3[nH]ncc3c2)cc1. The Balaban J connectivity index is 1.52. The average Bonchev–Trinajstić information content (AvgIpc) is 2.92. The average molecular weight is 251 g/mol. The summed E-state index contributed by atoms with van der Waals surface area (Å²) in [5, 5.41) is 11.7. The van der Waals surface area contributed by atoms with Crippen molar-refractivity contribution in [3.63, 3.8) is 0 Å². The van der Waals surface area contributed by atoms with Crippen molar-refractivity contribution in [3.05, 3.63) is 65.9 Å². The van der Waals surface area contributed by atoms with Crippen LogP contribution in [0.1, 0.15) is 11.1 Å². The molecule has 19 heavy (non-hydrogen) atoms. The first-order chi connectivity index (χ1) is 9.42. The number of hydrogen-bond acceptors (Lipinski definition) is 2. The van der Waals surface area contributed by atoms with Crippen LogP contribution in [0, 0.1) is 0 Å². The van der Waals surface area contributed by atoms with Crippen molar-refractivity contribution in [2.45, 2.75) is 13.0 Å². The van der Waals surface area contributed by atoms with Crippen molar-refractivity contribution in [3.8, 4) is 0 Å². The lowest BCUT2D eigenvalue weighted by Crippen LogP contribution is -2.16. The molecular formula is C16H17N3. The van der Waals surface area contributed by atoms with Crippen LogP contribution in [0.5, 0.6) is 0 Å². The zero-order valence-electron chi connectivity index (χ0n) is 10.8. The molecule has 2 aromatic carbocycles. The van der Waals surface area contributed by atoms with Crippen molar-refractivity contribution >= 4 is 10.9 Å². The summed E-state index contributed by atoms with van der Waals surface area (Å²) in [7, 11) is 0. The molecule has 0 aliphatic heterocycles. The molecule has 0 unspecified atom stereocenters. The fourth-order valence-electron chi connectivity index (χ4n) is 2.21. The van der Waals surface area contributed by atoms with Gasteiger partial charge in [-0.3, -0.25) is 5.10 Å². The Labute approximate surface area is 112 Å². The van der Waals surface area contributed by atoms with Crippen LogP contribution in [0.4, 0.5) is 0 Å². The fourth-order valence-corrected chi connectivity index (χ4v) is 2.21. The van der Waals surface area contributed by atoms with E-state index >= 15 is 0 Å². The van der Waals surface area contributed by atoms with Crippen LogP contribution in [-0.4, -0.2) is 16.7 Å². The van der Waals surface area contributed by atoms with E-state index in [-0.39, 0.29) is 0 Å². The third-order valence-electron chi connectivity index (χ3n) is 3.27. The van der Waals surface area contributed by atoms with Crippen LogP contribution in [0.15, 0.2) is 54.7 Å². The van der Waals surface area contributed by atoms with Crippen molar-refractivity contribution in [2.75, 3.05) is 6.54 Å². The Hall–Kier alpha value is -2.13. The van der Waals surface area contributed by atoms with Crippen molar-refractivity contribution in [1.82, 2.24) is 15.5 Å². The van der Waals surface area contributed by atoms with E-state index in [2.05, 4.69) is 58.0 Å². The van der Waals surface area contributed by atoms with E-state index in [1.165, 1.54) is 16.5 Å². The topological polar surface area (TPSA) is 40.7 Å². The molecule has 0 atom stereocenters. The molecule has 3 nitrogen and oxygen atoms in total. The summed E-state index contributed by atoms with van der Waals surface area (Å²) in [5.74, 6) is 0. The maximum absolute atomic E-state index is 4.04. The molecule has 0 bridgehead atoms. The zero-order chi connectivity index (χ0) is 12.9. The first-order valence-electron chi connectivity index (χ1n) is 6.58. The Bertz CT molecular complexity index is 643. The minimum absolute atomic E-state index is 0.925. The van der Waals surface area contributed by atoms with E-state index in [0.29, 0.717) is 0 Å². The van der Waals surface area contributed by atoms with Crippen molar-refractivity contribution in [2.24, 2.45) is 0 Å². The minimum Gasteiger partial charge on any atom is -0.312 e. The second-order valence-corrected chi connectivity index (χ2v) is 4.70. The summed E-state index contributed by atoms with van der Waals surface area (Å²) in [6.45, 7) is 1.91. The lowest BCUT2D eigenvalue weighted by atomic mass is 10.1. The molecule has 0 amide bonds. The molecule has 0 fully saturated rings. The molecular weight excluding hydrogens is 234 g/mol. The Kier molecular flexibility index (Phi) is 3.56. The normalized spacial score (nSPS) is 10.9. The number of rotatable bonds is 5. The van der Waals surface area contributed by atoms with Crippen molar-refractivity contribution in [1.29, 1.82) is 0 Å². The van der Waals surface area contributed by atoms with E-state index in [9.17, 15) is 0 Å². The first-order valence-corrected chi connectivity index (χ1v) is 6.58. The summed E-state index contributed by atoms with van der Waals surface area (Å²) in [6, 6.07) is 16.9. The molecule has 1 aromatic heterocycles. The van der Waals surface area contributed by atoms with Crippen molar-refractivity contribution < 1.29 is 0 Å². The first kappa shape index (κ1) is 11.9. The summed E-state index contributed by atoms with van der Waals surface area (Å²) >= 11 is 0. The molecule has 0 saturated heterocycles. The predicted octanol–water partition coefficient (Wildman–Crippen LogP) is 2.90. The van der Waals surface area contributed by atoms with Gasteiger partial charge in [0.25, 0.3) is 0 Å². The monoisotopic (exact) mass is 251 g/mol. The standard InChI is InChI=1S/C16H17N3/c1-2-4-14(5-3-1)11-17-9-8-13-6-7-16-15(10-13)12-18-19-16/h1-7,10,12,17H,8-9,11H2,(H,18,19). The number of nitrogens with zero attached hydrogens (tertiary/aromatic N) is 1. The number of fused-ring (bicyclic) bond motifs is 1. The summed E-state index contributed by atoms with van der Waals surface area (Å²) in [4.78, 5) is 0. The number of nitrogens with one attached hydrogen (secondary N) is 2. The third-order valence-corrected chi connectivity index (χ3v) is 3.27. The van der Waals surface area contributed by atoms with E-state index in [1.54, 1.807) is 0 Å². The van der Waals surface area contributed by atoms with Gasteiger partial charge in [0.15, 0.2) is 0 Å². The van der Waals surface area contributed by atoms with Crippen LogP contribution < -0.4 is 5.32 Å². The van der Waals surface area contributed by atoms with Crippen LogP contribution in [0.2, 0.25) is 0 Å². The minimum atomic E-state index is 0.925. The Morgan fingerprint density at radius 1 is 1.00 bits per heavy atom. The highest BCUT2D eigenvalue weighted by Gasteiger charge is 1.98. The third kappa shape index (κ3) is 3.01. The summed E-state index contributed by atoms with van der Waals surface area (Å²) < 4.78 is 0. The lowest BCUT2D eigenvalue weighted by Gasteiger charge is -2.05. The van der Waals surface area contributed by atoms with Gasteiger partial charge in [-0.1, -0.05) is 36.4 Å². The summed E-state index contributed by atoms with van der Waals surface area (Å²) in [5.41, 5.74) is 3.77. The molecule has 0 spiro atoms. The molecule has 0 aliphatic rings. The van der Waals surface area contributed by atoms with Gasteiger partial charge in [-0.2, -0.15) is 5.10 Å². The zero-order valence-corrected chi connectivity index (χ0v) is 10.8. The molecule has 0 aliphatic carbocycles. The van der Waals surface area contributed by atoms with Gasteiger partial charge in [-0.15, -0.1) is 0 Å². The second-order valence-electron chi connectivity index (χ2n) is 4.70. The van der Waals surface area contributed by atoms with Gasteiger partial charge < -0.3 is 5.32 Å². The highest BCUT2D eigenvalue weighted by molar-refractivity contribution is 5.78. The molecule has 3 aromatic rings. The molecule has 96 valence electrons. The van der Waals surface area contributed by atoms with E-state index < -0.39 is 0 Å². The van der Waals surface area contributed by atoms with Gasteiger partial charge in [0.2, 0.25) is 0 Å². The van der Waals surface area contributed by atoms with Gasteiger partial charge in [0.1, 0.15) is 0 Å². The van der Waals surface area contributed by atoms with E-state index in [0.717, 1.165) is 25.0 Å². The molecule has 1 heterocycles. The largest absolute Gasteiger partial charge is 0.312 e. The highest BCUT2D eigenvalue weighted by Crippen LogP contribution is 2.12. The Morgan fingerprint density at radius 3 is 2.79 bits per heavy atom. The number of hydrogen-bond donors (Lipinski definition) is 2. The maximum Gasteiger partial charge on any atom is 0.0650 e. The number of H-pyrrole nitrogens is 1. The quantitative estimate of drug-likeness (QED) is 0.685. The maximum atomic E-state index is 4.04. The molecule has 0 saturated carbocycles. The fraction of sp³-hybridized carbons (Fsp3) is 0.188. The van der Waals surface area contributed by atoms with Crippen LogP contribution in [0.25, 0.3) is 10.9 Å². The molecule has 3 heteroatoms. The van der Waals surface area contributed by atoms with Gasteiger partial charge in [0, 0.05) is 11.9 Å². The number of aromatic nitrogens is 2. The van der Waals surface area contributed by atoms with E-state index in [4.69, 9.17) is 0 Å². The smallest absolute Gasteiger partial charge is 0.0650 e. The van der Waals surface area contributed by atoms with Gasteiger partial charge >= 0.3 is 0 Å². The van der Waals surface area contributed by atoms with Crippen LogP contribution in [-0.2, 0) is 13.0 Å². The number of benzene rings is 2.